The summed E-state index contributed by atoms with van der Waals surface area (Å²) < 4.78 is 0. The van der Waals surface area contributed by atoms with Crippen LogP contribution in [0, 0.1) is 11.8 Å². The van der Waals surface area contributed by atoms with Crippen LogP contribution in [0.4, 0.5) is 5.69 Å². The first-order valence-corrected chi connectivity index (χ1v) is 9.37. The standard InChI is InChI=1S/C19H24ClN3O.ClH/c20-17-12-16(11-15-3-8-22-19(24)18(15)17)23-9-4-14(5-10-23)13-1-6-21-7-2-13;/h3,8,11-14,21H,1-2,4-7,9-10H2,(H,22,24);1H. The lowest BCUT2D eigenvalue weighted by atomic mass is 9.79. The molecule has 3 heterocycles. The van der Waals surface area contributed by atoms with Crippen LogP contribution in [0.5, 0.6) is 0 Å². The molecule has 1 aromatic heterocycles. The van der Waals surface area contributed by atoms with E-state index in [2.05, 4.69) is 21.3 Å². The van der Waals surface area contributed by atoms with Gasteiger partial charge in [-0.25, -0.2) is 0 Å². The summed E-state index contributed by atoms with van der Waals surface area (Å²) in [4.78, 5) is 17.1. The van der Waals surface area contributed by atoms with E-state index in [9.17, 15) is 4.79 Å². The molecule has 4 rings (SSSR count). The fraction of sp³-hybridized carbons (Fsp3) is 0.526. The third kappa shape index (κ3) is 3.81. The van der Waals surface area contributed by atoms with Gasteiger partial charge in [0.05, 0.1) is 10.4 Å². The van der Waals surface area contributed by atoms with E-state index in [1.807, 2.05) is 12.1 Å². The van der Waals surface area contributed by atoms with Gasteiger partial charge in [-0.2, -0.15) is 0 Å². The number of rotatable bonds is 2. The van der Waals surface area contributed by atoms with Crippen molar-refractivity contribution in [3.05, 3.63) is 39.8 Å². The zero-order chi connectivity index (χ0) is 16.5. The van der Waals surface area contributed by atoms with Crippen LogP contribution in [0.25, 0.3) is 10.8 Å². The second kappa shape index (κ2) is 7.98. The number of nitrogens with zero attached hydrogens (tertiary/aromatic N) is 1. The molecule has 2 fully saturated rings. The molecule has 2 aliphatic rings. The first kappa shape index (κ1) is 18.6. The van der Waals surface area contributed by atoms with E-state index in [0.29, 0.717) is 10.4 Å². The van der Waals surface area contributed by atoms with Crippen LogP contribution in [0.2, 0.25) is 5.02 Å². The van der Waals surface area contributed by atoms with Gasteiger partial charge in [-0.15, -0.1) is 12.4 Å². The van der Waals surface area contributed by atoms with E-state index >= 15 is 0 Å². The number of aromatic nitrogens is 1. The number of pyridine rings is 1. The lowest BCUT2D eigenvalue weighted by Crippen LogP contribution is -2.39. The van der Waals surface area contributed by atoms with Crippen LogP contribution in [-0.4, -0.2) is 31.2 Å². The Bertz CT molecular complexity index is 778. The third-order valence-corrected chi connectivity index (χ3v) is 6.06. The molecule has 0 atom stereocenters. The van der Waals surface area contributed by atoms with Crippen molar-refractivity contribution in [3.63, 3.8) is 0 Å². The lowest BCUT2D eigenvalue weighted by molar-refractivity contribution is 0.222. The molecular weight excluding hydrogens is 357 g/mol. The molecule has 0 amide bonds. The van der Waals surface area contributed by atoms with Crippen molar-refractivity contribution in [2.45, 2.75) is 25.7 Å². The van der Waals surface area contributed by atoms with Gasteiger partial charge in [-0.3, -0.25) is 4.79 Å². The molecule has 1 aromatic carbocycles. The molecule has 2 N–H and O–H groups in total. The summed E-state index contributed by atoms with van der Waals surface area (Å²) in [6, 6.07) is 5.97. The van der Waals surface area contributed by atoms with Crippen LogP contribution in [0.15, 0.2) is 29.2 Å². The minimum atomic E-state index is -0.117. The van der Waals surface area contributed by atoms with Crippen LogP contribution in [-0.2, 0) is 0 Å². The van der Waals surface area contributed by atoms with E-state index in [4.69, 9.17) is 11.6 Å². The second-order valence-corrected chi connectivity index (χ2v) is 7.52. The Morgan fingerprint density at radius 1 is 1.04 bits per heavy atom. The molecule has 2 saturated heterocycles. The van der Waals surface area contributed by atoms with Gasteiger partial charge in [0.1, 0.15) is 0 Å². The van der Waals surface area contributed by atoms with Crippen molar-refractivity contribution in [3.8, 4) is 0 Å². The molecule has 4 nitrogen and oxygen atoms in total. The summed E-state index contributed by atoms with van der Waals surface area (Å²) in [5.41, 5.74) is 1.02. The molecule has 0 spiro atoms. The Morgan fingerprint density at radius 2 is 1.72 bits per heavy atom. The quantitative estimate of drug-likeness (QED) is 0.830. The van der Waals surface area contributed by atoms with Crippen molar-refractivity contribution in [1.29, 1.82) is 0 Å². The predicted octanol–water partition coefficient (Wildman–Crippen LogP) is 3.82. The van der Waals surface area contributed by atoms with E-state index in [1.54, 1.807) is 6.20 Å². The maximum absolute atomic E-state index is 11.9. The van der Waals surface area contributed by atoms with E-state index in [-0.39, 0.29) is 18.0 Å². The van der Waals surface area contributed by atoms with Gasteiger partial charge in [-0.1, -0.05) is 11.6 Å². The predicted molar refractivity (Wildman–Crippen MR) is 107 cm³/mol. The molecule has 2 aromatic rings. The van der Waals surface area contributed by atoms with E-state index in [0.717, 1.165) is 36.0 Å². The number of H-pyrrole nitrogens is 1. The third-order valence-electron chi connectivity index (χ3n) is 5.77. The summed E-state index contributed by atoms with van der Waals surface area (Å²) >= 11 is 6.38. The number of nitrogens with one attached hydrogen (secondary N) is 2. The molecule has 2 aliphatic heterocycles. The van der Waals surface area contributed by atoms with E-state index in [1.165, 1.54) is 38.8 Å². The van der Waals surface area contributed by atoms with Gasteiger partial charge in [0.25, 0.3) is 5.56 Å². The van der Waals surface area contributed by atoms with Crippen molar-refractivity contribution in [1.82, 2.24) is 10.3 Å². The number of hydrogen-bond donors (Lipinski definition) is 2. The van der Waals surface area contributed by atoms with E-state index < -0.39 is 0 Å². The summed E-state index contributed by atoms with van der Waals surface area (Å²) in [7, 11) is 0. The Kier molecular flexibility index (Phi) is 5.92. The molecule has 25 heavy (non-hydrogen) atoms. The maximum atomic E-state index is 11.9. The second-order valence-electron chi connectivity index (χ2n) is 7.11. The Hall–Kier alpha value is -1.23. The zero-order valence-electron chi connectivity index (χ0n) is 14.3. The number of aromatic amines is 1. The summed E-state index contributed by atoms with van der Waals surface area (Å²) in [5, 5.41) is 5.52. The number of benzene rings is 1. The van der Waals surface area contributed by atoms with Crippen molar-refractivity contribution >= 4 is 40.5 Å². The minimum Gasteiger partial charge on any atom is -0.371 e. The van der Waals surface area contributed by atoms with Crippen molar-refractivity contribution in [2.75, 3.05) is 31.1 Å². The van der Waals surface area contributed by atoms with Crippen LogP contribution in [0.1, 0.15) is 25.7 Å². The number of halogens is 2. The highest BCUT2D eigenvalue weighted by atomic mass is 35.5. The monoisotopic (exact) mass is 381 g/mol. The van der Waals surface area contributed by atoms with Crippen molar-refractivity contribution < 1.29 is 0 Å². The zero-order valence-corrected chi connectivity index (χ0v) is 15.8. The highest BCUT2D eigenvalue weighted by Crippen LogP contribution is 2.34. The SMILES string of the molecule is Cl.O=c1[nH]ccc2cc(N3CCC(C4CCNCC4)CC3)cc(Cl)c12. The van der Waals surface area contributed by atoms with Gasteiger partial charge >= 0.3 is 0 Å². The molecule has 0 bridgehead atoms. The van der Waals surface area contributed by atoms with Crippen molar-refractivity contribution in [2.24, 2.45) is 11.8 Å². The Labute approximate surface area is 159 Å². The molecule has 136 valence electrons. The highest BCUT2D eigenvalue weighted by Gasteiger charge is 2.27. The van der Waals surface area contributed by atoms with Crippen LogP contribution < -0.4 is 15.8 Å². The average molecular weight is 382 g/mol. The maximum Gasteiger partial charge on any atom is 0.257 e. The molecule has 0 unspecified atom stereocenters. The smallest absolute Gasteiger partial charge is 0.257 e. The Morgan fingerprint density at radius 3 is 2.44 bits per heavy atom. The summed E-state index contributed by atoms with van der Waals surface area (Å²) in [5.74, 6) is 1.76. The lowest BCUT2D eigenvalue weighted by Gasteiger charge is -2.39. The molecule has 0 radical (unpaired) electrons. The van der Waals surface area contributed by atoms with Gasteiger partial charge < -0.3 is 15.2 Å². The molecule has 0 aliphatic carbocycles. The first-order valence-electron chi connectivity index (χ1n) is 8.99. The van der Waals surface area contributed by atoms with Gasteiger partial charge in [0.2, 0.25) is 0 Å². The van der Waals surface area contributed by atoms with Gasteiger partial charge in [0.15, 0.2) is 0 Å². The van der Waals surface area contributed by atoms with Crippen LogP contribution >= 0.6 is 24.0 Å². The topological polar surface area (TPSA) is 48.1 Å². The normalized spacial score (nSPS) is 19.8. The number of fused-ring (bicyclic) bond motifs is 1. The van der Waals surface area contributed by atoms with Crippen LogP contribution in [0.3, 0.4) is 0 Å². The molecule has 6 heteroatoms. The number of hydrogen-bond acceptors (Lipinski definition) is 3. The van der Waals surface area contributed by atoms with Gasteiger partial charge in [-0.05, 0) is 74.2 Å². The summed E-state index contributed by atoms with van der Waals surface area (Å²) in [6.45, 7) is 4.53. The number of piperidine rings is 2. The molecular formula is C19H25Cl2N3O. The van der Waals surface area contributed by atoms with Gasteiger partial charge in [0, 0.05) is 25.0 Å². The highest BCUT2D eigenvalue weighted by molar-refractivity contribution is 6.35. The average Bonchev–Trinajstić information content (AvgIpc) is 2.62. The molecule has 0 saturated carbocycles. The minimum absolute atomic E-state index is 0. The number of anilines is 1. The fourth-order valence-corrected chi connectivity index (χ4v) is 4.70. The first-order chi connectivity index (χ1) is 11.7. The largest absolute Gasteiger partial charge is 0.371 e. The Balaban J connectivity index is 0.00000182. The fourth-order valence-electron chi connectivity index (χ4n) is 4.39. The summed E-state index contributed by atoms with van der Waals surface area (Å²) in [6.07, 6.45) is 6.87.